The molecule has 0 bridgehead atoms. The average Bonchev–Trinajstić information content (AvgIpc) is 2.92. The molecule has 2 atom stereocenters. The second-order valence-electron chi connectivity index (χ2n) is 4.67. The normalized spacial score (nSPS) is 20.1. The van der Waals surface area contributed by atoms with Crippen molar-refractivity contribution in [2.24, 2.45) is 0 Å². The number of nitro groups is 1. The topological polar surface area (TPSA) is 105 Å². The van der Waals surface area contributed by atoms with Crippen molar-refractivity contribution in [3.05, 3.63) is 21.1 Å². The zero-order chi connectivity index (χ0) is 15.6. The van der Waals surface area contributed by atoms with E-state index < -0.39 is 17.1 Å². The number of carbonyl (C=O) groups is 1. The molecule has 0 saturated carbocycles. The quantitative estimate of drug-likeness (QED) is 0.625. The molecular formula is C12H17N3O5S. The summed E-state index contributed by atoms with van der Waals surface area (Å²) in [7, 11) is 1.51. The second kappa shape index (κ2) is 6.37. The van der Waals surface area contributed by atoms with Crippen molar-refractivity contribution in [2.45, 2.75) is 19.1 Å². The Morgan fingerprint density at radius 1 is 1.71 bits per heavy atom. The minimum atomic E-state index is -0.790. The lowest BCUT2D eigenvalue weighted by Crippen LogP contribution is -2.53. The molecule has 1 fully saturated rings. The monoisotopic (exact) mass is 315 g/mol. The molecule has 2 unspecified atom stereocenters. The summed E-state index contributed by atoms with van der Waals surface area (Å²) in [4.78, 5) is 24.8. The van der Waals surface area contributed by atoms with Gasteiger partial charge in [-0.15, -0.1) is 11.3 Å². The lowest BCUT2D eigenvalue weighted by Gasteiger charge is -2.34. The van der Waals surface area contributed by atoms with Crippen molar-refractivity contribution in [2.75, 3.05) is 31.7 Å². The first-order chi connectivity index (χ1) is 9.95. The summed E-state index contributed by atoms with van der Waals surface area (Å²) >= 11 is 1.13. The van der Waals surface area contributed by atoms with Crippen LogP contribution in [0.15, 0.2) is 6.07 Å². The van der Waals surface area contributed by atoms with Crippen LogP contribution in [0.2, 0.25) is 0 Å². The molecule has 1 saturated heterocycles. The van der Waals surface area contributed by atoms with E-state index in [9.17, 15) is 20.0 Å². The third-order valence-electron chi connectivity index (χ3n) is 3.26. The third-order valence-corrected chi connectivity index (χ3v) is 4.59. The van der Waals surface area contributed by atoms with Crippen LogP contribution in [-0.4, -0.2) is 48.8 Å². The summed E-state index contributed by atoms with van der Waals surface area (Å²) in [5.74, 6) is -0.254. The molecule has 8 nitrogen and oxygen atoms in total. The number of rotatable bonds is 4. The Balaban J connectivity index is 2.42. The first-order valence-corrected chi connectivity index (χ1v) is 7.29. The van der Waals surface area contributed by atoms with Crippen LogP contribution in [0.25, 0.3) is 0 Å². The van der Waals surface area contributed by atoms with Crippen LogP contribution in [0, 0.1) is 10.1 Å². The van der Waals surface area contributed by atoms with Crippen LogP contribution in [0.3, 0.4) is 0 Å². The Morgan fingerprint density at radius 2 is 2.43 bits per heavy atom. The molecule has 116 valence electrons. The summed E-state index contributed by atoms with van der Waals surface area (Å²) in [6, 6.07) is 0.754. The highest BCUT2D eigenvalue weighted by Gasteiger charge is 2.35. The number of nitrogens with zero attached hydrogens (tertiary/aromatic N) is 2. The number of carbonyl (C=O) groups excluding carboxylic acids is 1. The zero-order valence-electron chi connectivity index (χ0n) is 11.7. The van der Waals surface area contributed by atoms with E-state index in [0.29, 0.717) is 23.0 Å². The van der Waals surface area contributed by atoms with Crippen LogP contribution in [0.5, 0.6) is 0 Å². The second-order valence-corrected chi connectivity index (χ2v) is 5.73. The molecule has 2 heterocycles. The molecule has 1 aromatic rings. The molecule has 0 aliphatic carbocycles. The van der Waals surface area contributed by atoms with Crippen LogP contribution in [-0.2, 0) is 9.53 Å². The smallest absolute Gasteiger partial charge is 0.304 e. The number of hydrogen-bond acceptors (Lipinski definition) is 7. The Kier molecular flexibility index (Phi) is 4.76. The van der Waals surface area contributed by atoms with E-state index >= 15 is 0 Å². The number of nitrogens with one attached hydrogen (secondary N) is 1. The number of aliphatic hydroxyl groups excluding tert-OH is 1. The van der Waals surface area contributed by atoms with Crippen molar-refractivity contribution >= 4 is 27.9 Å². The summed E-state index contributed by atoms with van der Waals surface area (Å²) < 4.78 is 5.29. The number of likely N-dealkylation sites (N-methyl/N-ethyl adjacent to an activating group) is 1. The van der Waals surface area contributed by atoms with Gasteiger partial charge >= 0.3 is 5.69 Å². The molecule has 0 spiro atoms. The van der Waals surface area contributed by atoms with Gasteiger partial charge in [-0.05, 0) is 6.92 Å². The van der Waals surface area contributed by atoms with Crippen LogP contribution < -0.4 is 10.2 Å². The molecule has 1 aliphatic heterocycles. The number of thiophene rings is 1. The highest BCUT2D eigenvalue weighted by molar-refractivity contribution is 7.16. The summed E-state index contributed by atoms with van der Waals surface area (Å²) in [6.45, 7) is 2.51. The first kappa shape index (κ1) is 15.7. The van der Waals surface area contributed by atoms with Crippen molar-refractivity contribution in [1.29, 1.82) is 0 Å². The van der Waals surface area contributed by atoms with Gasteiger partial charge in [0.25, 0.3) is 0 Å². The Morgan fingerprint density at radius 3 is 3.00 bits per heavy atom. The van der Waals surface area contributed by atoms with Crippen LogP contribution in [0.1, 0.15) is 17.9 Å². The van der Waals surface area contributed by atoms with Crippen LogP contribution >= 0.6 is 11.3 Å². The van der Waals surface area contributed by atoms with Gasteiger partial charge in [0.1, 0.15) is 6.04 Å². The van der Waals surface area contributed by atoms with E-state index in [1.54, 1.807) is 11.8 Å². The fraction of sp³-hybridized carbons (Fsp3) is 0.583. The number of ether oxygens (including phenoxy) is 1. The molecule has 9 heteroatoms. The summed E-state index contributed by atoms with van der Waals surface area (Å²) in [5, 5.41) is 23.8. The Labute approximate surface area is 125 Å². The van der Waals surface area contributed by atoms with E-state index in [0.717, 1.165) is 11.3 Å². The maximum absolute atomic E-state index is 11.9. The molecule has 1 amide bonds. The standard InChI is InChI=1S/C12H17N3O5S/c1-7(16)10-5-8(15(18)19)12(21-10)14-3-4-20-6-9(14)11(17)13-2/h5,7,9,16H,3-4,6H2,1-2H3,(H,13,17). The van der Waals surface area contributed by atoms with Crippen LogP contribution in [0.4, 0.5) is 10.7 Å². The van der Waals surface area contributed by atoms with Gasteiger partial charge in [0.05, 0.1) is 24.2 Å². The molecule has 1 aromatic heterocycles. The summed E-state index contributed by atoms with van der Waals surface area (Å²) in [6.07, 6.45) is -0.790. The van der Waals surface area contributed by atoms with Gasteiger partial charge in [0.2, 0.25) is 5.91 Å². The Hall–Kier alpha value is -1.71. The predicted octanol–water partition coefficient (Wildman–Crippen LogP) is 0.661. The van der Waals surface area contributed by atoms with Crippen molar-refractivity contribution in [3.63, 3.8) is 0 Å². The van der Waals surface area contributed by atoms with Gasteiger partial charge in [0.15, 0.2) is 5.00 Å². The lowest BCUT2D eigenvalue weighted by molar-refractivity contribution is -0.383. The summed E-state index contributed by atoms with van der Waals surface area (Å²) in [5.41, 5.74) is -0.0910. The number of anilines is 1. The van der Waals surface area contributed by atoms with E-state index in [2.05, 4.69) is 5.32 Å². The third kappa shape index (κ3) is 3.14. The van der Waals surface area contributed by atoms with E-state index in [1.807, 2.05) is 0 Å². The number of aliphatic hydroxyl groups is 1. The van der Waals surface area contributed by atoms with Gasteiger partial charge < -0.3 is 20.1 Å². The fourth-order valence-electron chi connectivity index (χ4n) is 2.16. The van der Waals surface area contributed by atoms with Crippen molar-refractivity contribution in [1.82, 2.24) is 5.32 Å². The van der Waals surface area contributed by atoms with E-state index in [-0.39, 0.29) is 18.2 Å². The predicted molar refractivity (Wildman–Crippen MR) is 77.6 cm³/mol. The molecule has 0 radical (unpaired) electrons. The van der Waals surface area contributed by atoms with Gasteiger partial charge in [-0.1, -0.05) is 0 Å². The highest BCUT2D eigenvalue weighted by atomic mass is 32.1. The molecular weight excluding hydrogens is 298 g/mol. The minimum absolute atomic E-state index is 0.0910. The minimum Gasteiger partial charge on any atom is -0.388 e. The SMILES string of the molecule is CNC(=O)C1COCCN1c1sc(C(C)O)cc1[N+](=O)[O-]. The molecule has 2 N–H and O–H groups in total. The highest BCUT2D eigenvalue weighted by Crippen LogP contribution is 2.41. The zero-order valence-corrected chi connectivity index (χ0v) is 12.6. The molecule has 21 heavy (non-hydrogen) atoms. The maximum Gasteiger partial charge on any atom is 0.304 e. The lowest BCUT2D eigenvalue weighted by atomic mass is 10.2. The number of hydrogen-bond donors (Lipinski definition) is 2. The van der Waals surface area contributed by atoms with Gasteiger partial charge in [-0.25, -0.2) is 0 Å². The number of morpholine rings is 1. The van der Waals surface area contributed by atoms with E-state index in [4.69, 9.17) is 4.74 Å². The van der Waals surface area contributed by atoms with Gasteiger partial charge in [-0.2, -0.15) is 0 Å². The average molecular weight is 315 g/mol. The van der Waals surface area contributed by atoms with Crippen molar-refractivity contribution in [3.8, 4) is 0 Å². The van der Waals surface area contributed by atoms with Crippen molar-refractivity contribution < 1.29 is 19.6 Å². The van der Waals surface area contributed by atoms with Gasteiger partial charge in [-0.3, -0.25) is 14.9 Å². The first-order valence-electron chi connectivity index (χ1n) is 6.48. The van der Waals surface area contributed by atoms with E-state index in [1.165, 1.54) is 13.1 Å². The largest absolute Gasteiger partial charge is 0.388 e. The fourth-order valence-corrected chi connectivity index (χ4v) is 3.30. The maximum atomic E-state index is 11.9. The number of amides is 1. The molecule has 1 aliphatic rings. The van der Waals surface area contributed by atoms with Gasteiger partial charge in [0, 0.05) is 24.5 Å². The molecule has 2 rings (SSSR count). The Bertz CT molecular complexity index is 545. The molecule has 0 aromatic carbocycles.